The number of Topliss-reactive ketones (excluding diaryl/α,β-unsaturated/α-hetero) is 1. The molecule has 0 aliphatic carbocycles. The van der Waals surface area contributed by atoms with E-state index in [1.54, 1.807) is 25.1 Å². The van der Waals surface area contributed by atoms with Crippen LogP contribution >= 0.6 is 0 Å². The second-order valence-corrected chi connectivity index (χ2v) is 5.44. The number of carbonyl (C=O) groups is 1. The van der Waals surface area contributed by atoms with Crippen LogP contribution in [0, 0.1) is 33.8 Å². The Morgan fingerprint density at radius 1 is 1.25 bits per heavy atom. The second kappa shape index (κ2) is 9.56. The fourth-order valence-electron chi connectivity index (χ4n) is 2.35. The van der Waals surface area contributed by atoms with Gasteiger partial charge in [-0.2, -0.15) is 5.26 Å². The van der Waals surface area contributed by atoms with Crippen molar-refractivity contribution in [3.05, 3.63) is 69.3 Å². The number of nitrogens with zero attached hydrogens (tertiary/aromatic N) is 2. The van der Waals surface area contributed by atoms with Crippen LogP contribution in [0.4, 0.5) is 5.69 Å². The molecular weight excluding hydrogens is 360 g/mol. The number of allylic oxidation sites excluding steroid dienone is 1. The molecule has 0 N–H and O–H groups in total. The number of nitriles is 1. The molecule has 2 aromatic carbocycles. The van der Waals surface area contributed by atoms with Gasteiger partial charge in [0.05, 0.1) is 11.5 Å². The van der Waals surface area contributed by atoms with Crippen LogP contribution in [-0.4, -0.2) is 23.9 Å². The predicted octanol–water partition coefficient (Wildman–Crippen LogP) is 3.80. The van der Waals surface area contributed by atoms with E-state index < -0.39 is 10.7 Å². The first kappa shape index (κ1) is 20.2. The van der Waals surface area contributed by atoms with Crippen molar-refractivity contribution in [1.29, 1.82) is 5.26 Å². The number of ketones is 1. The molecule has 7 heteroatoms. The van der Waals surface area contributed by atoms with E-state index in [1.807, 2.05) is 6.07 Å². The molecule has 0 unspecified atom stereocenters. The fraction of sp³-hybridized carbons (Fsp3) is 0.143. The number of nitro groups is 1. The minimum Gasteiger partial charge on any atom is -0.490 e. The minimum absolute atomic E-state index is 0.0565. The van der Waals surface area contributed by atoms with Gasteiger partial charge < -0.3 is 9.47 Å². The maximum atomic E-state index is 12.6. The smallest absolute Gasteiger partial charge is 0.270 e. The lowest BCUT2D eigenvalue weighted by Gasteiger charge is -2.11. The van der Waals surface area contributed by atoms with Gasteiger partial charge in [-0.1, -0.05) is 24.1 Å². The van der Waals surface area contributed by atoms with Gasteiger partial charge in [-0.25, -0.2) is 0 Å². The van der Waals surface area contributed by atoms with Gasteiger partial charge in [0.25, 0.3) is 5.69 Å². The Balaban J connectivity index is 2.38. The average Bonchev–Trinajstić information content (AvgIpc) is 2.71. The first-order valence-corrected chi connectivity index (χ1v) is 8.24. The summed E-state index contributed by atoms with van der Waals surface area (Å²) in [6, 6.07) is 12.0. The molecule has 0 saturated heterocycles. The summed E-state index contributed by atoms with van der Waals surface area (Å²) in [7, 11) is 0. The molecule has 7 nitrogen and oxygen atoms in total. The lowest BCUT2D eigenvalue weighted by molar-refractivity contribution is -0.384. The van der Waals surface area contributed by atoms with Gasteiger partial charge >= 0.3 is 0 Å². The van der Waals surface area contributed by atoms with E-state index in [-0.39, 0.29) is 23.4 Å². The number of hydrogen-bond donors (Lipinski definition) is 0. The highest BCUT2D eigenvalue weighted by molar-refractivity contribution is 6.14. The molecule has 0 atom stereocenters. The van der Waals surface area contributed by atoms with Crippen LogP contribution in [0.25, 0.3) is 6.08 Å². The Hall–Kier alpha value is -4.10. The maximum Gasteiger partial charge on any atom is 0.270 e. The topological polar surface area (TPSA) is 102 Å². The van der Waals surface area contributed by atoms with E-state index >= 15 is 0 Å². The molecule has 0 spiro atoms. The summed E-state index contributed by atoms with van der Waals surface area (Å²) < 4.78 is 10.9. The van der Waals surface area contributed by atoms with E-state index in [4.69, 9.17) is 15.9 Å². The zero-order valence-electron chi connectivity index (χ0n) is 15.0. The van der Waals surface area contributed by atoms with Gasteiger partial charge in [0.1, 0.15) is 18.2 Å². The number of rotatable bonds is 8. The Morgan fingerprint density at radius 2 is 2.04 bits per heavy atom. The van der Waals surface area contributed by atoms with Crippen LogP contribution in [0.15, 0.2) is 48.0 Å². The van der Waals surface area contributed by atoms with Gasteiger partial charge in [0, 0.05) is 17.7 Å². The van der Waals surface area contributed by atoms with Gasteiger partial charge in [-0.05, 0) is 30.7 Å². The van der Waals surface area contributed by atoms with Gasteiger partial charge in [-0.15, -0.1) is 6.42 Å². The third-order valence-corrected chi connectivity index (χ3v) is 3.57. The SMILES string of the molecule is C#CCOc1ccc(C=C(C#N)C(=O)c2cccc([N+](=O)[O-])c2)cc1OCC. The fourth-order valence-corrected chi connectivity index (χ4v) is 2.35. The number of carbonyl (C=O) groups excluding carboxylic acids is 1. The van der Waals surface area contributed by atoms with E-state index in [9.17, 15) is 20.2 Å². The van der Waals surface area contributed by atoms with Crippen LogP contribution in [0.2, 0.25) is 0 Å². The molecule has 0 aromatic heterocycles. The summed E-state index contributed by atoms with van der Waals surface area (Å²) in [5, 5.41) is 20.3. The van der Waals surface area contributed by atoms with Crippen molar-refractivity contribution in [3.63, 3.8) is 0 Å². The summed E-state index contributed by atoms with van der Waals surface area (Å²) in [4.78, 5) is 22.9. The van der Waals surface area contributed by atoms with Crippen molar-refractivity contribution in [2.24, 2.45) is 0 Å². The molecule has 0 fully saturated rings. The van der Waals surface area contributed by atoms with Crippen molar-refractivity contribution in [2.45, 2.75) is 6.92 Å². The molecule has 0 bridgehead atoms. The monoisotopic (exact) mass is 376 g/mol. The molecule has 0 heterocycles. The third-order valence-electron chi connectivity index (χ3n) is 3.57. The quantitative estimate of drug-likeness (QED) is 0.173. The second-order valence-electron chi connectivity index (χ2n) is 5.44. The van der Waals surface area contributed by atoms with Crippen LogP contribution < -0.4 is 9.47 Å². The van der Waals surface area contributed by atoms with Crippen LogP contribution in [0.3, 0.4) is 0 Å². The molecule has 0 saturated carbocycles. The van der Waals surface area contributed by atoms with E-state index in [0.717, 1.165) is 6.07 Å². The maximum absolute atomic E-state index is 12.6. The van der Waals surface area contributed by atoms with Gasteiger partial charge in [-0.3, -0.25) is 14.9 Å². The number of nitro benzene ring substituents is 1. The molecule has 28 heavy (non-hydrogen) atoms. The van der Waals surface area contributed by atoms with Crippen molar-refractivity contribution < 1.29 is 19.2 Å². The van der Waals surface area contributed by atoms with Crippen molar-refractivity contribution in [3.8, 4) is 29.9 Å². The number of hydrogen-bond acceptors (Lipinski definition) is 6. The summed E-state index contributed by atoms with van der Waals surface area (Å²) in [6.45, 7) is 2.27. The van der Waals surface area contributed by atoms with E-state index in [1.165, 1.54) is 24.3 Å². The lowest BCUT2D eigenvalue weighted by atomic mass is 10.0. The first-order valence-electron chi connectivity index (χ1n) is 8.24. The Morgan fingerprint density at radius 3 is 2.68 bits per heavy atom. The third kappa shape index (κ3) is 4.96. The number of ether oxygens (including phenoxy) is 2. The van der Waals surface area contributed by atoms with E-state index in [0.29, 0.717) is 23.7 Å². The van der Waals surface area contributed by atoms with Crippen molar-refractivity contribution in [2.75, 3.05) is 13.2 Å². The largest absolute Gasteiger partial charge is 0.490 e. The molecule has 0 aliphatic rings. The molecule has 2 aromatic rings. The standard InChI is InChI=1S/C21H16N2O5/c1-3-10-28-19-9-8-15(12-20(19)27-4-2)11-17(14-22)21(24)16-6-5-7-18(13-16)23(25)26/h1,5-9,11-13H,4,10H2,2H3. The molecule has 0 radical (unpaired) electrons. The summed E-state index contributed by atoms with van der Waals surface area (Å²) in [6.07, 6.45) is 6.57. The normalized spacial score (nSPS) is 10.5. The van der Waals surface area contributed by atoms with Gasteiger partial charge in [0.15, 0.2) is 11.5 Å². The zero-order chi connectivity index (χ0) is 20.5. The minimum atomic E-state index is -0.614. The zero-order valence-corrected chi connectivity index (χ0v) is 15.0. The van der Waals surface area contributed by atoms with Crippen LogP contribution in [0.5, 0.6) is 11.5 Å². The first-order chi connectivity index (χ1) is 13.5. The highest BCUT2D eigenvalue weighted by Crippen LogP contribution is 2.29. The Bertz CT molecular complexity index is 1010. The Kier molecular flexibility index (Phi) is 6.90. The number of terminal acetylenes is 1. The summed E-state index contributed by atoms with van der Waals surface area (Å²) >= 11 is 0. The number of non-ortho nitro benzene ring substituents is 1. The molecule has 140 valence electrons. The Labute approximate surface area is 162 Å². The highest BCUT2D eigenvalue weighted by Gasteiger charge is 2.16. The van der Waals surface area contributed by atoms with Crippen molar-refractivity contribution >= 4 is 17.5 Å². The van der Waals surface area contributed by atoms with Crippen molar-refractivity contribution in [1.82, 2.24) is 0 Å². The summed E-state index contributed by atoms with van der Waals surface area (Å²) in [5.41, 5.74) is 0.199. The van der Waals surface area contributed by atoms with E-state index in [2.05, 4.69) is 5.92 Å². The lowest BCUT2D eigenvalue weighted by Crippen LogP contribution is -2.03. The summed E-state index contributed by atoms with van der Waals surface area (Å²) in [5.74, 6) is 2.62. The highest BCUT2D eigenvalue weighted by atomic mass is 16.6. The number of benzene rings is 2. The molecular formula is C21H16N2O5. The molecule has 2 rings (SSSR count). The van der Waals surface area contributed by atoms with Crippen LogP contribution in [0.1, 0.15) is 22.8 Å². The van der Waals surface area contributed by atoms with Gasteiger partial charge in [0.2, 0.25) is 5.78 Å². The predicted molar refractivity (Wildman–Crippen MR) is 103 cm³/mol. The molecule has 0 aliphatic heterocycles. The van der Waals surface area contributed by atoms with Crippen LogP contribution in [-0.2, 0) is 0 Å². The molecule has 0 amide bonds. The average molecular weight is 376 g/mol.